The number of esters is 2. The van der Waals surface area contributed by atoms with Crippen molar-refractivity contribution in [2.75, 3.05) is 0 Å². The van der Waals surface area contributed by atoms with Gasteiger partial charge < -0.3 is 9.47 Å². The van der Waals surface area contributed by atoms with E-state index in [4.69, 9.17) is 9.47 Å². The highest BCUT2D eigenvalue weighted by molar-refractivity contribution is 5.87. The molecule has 0 aromatic carbocycles. The molecule has 2 saturated carbocycles. The van der Waals surface area contributed by atoms with Crippen molar-refractivity contribution in [3.63, 3.8) is 0 Å². The van der Waals surface area contributed by atoms with Gasteiger partial charge >= 0.3 is 11.9 Å². The van der Waals surface area contributed by atoms with Gasteiger partial charge in [-0.3, -0.25) is 0 Å². The molecule has 2 aliphatic rings. The van der Waals surface area contributed by atoms with Gasteiger partial charge in [-0.05, 0) is 51.4 Å². The molecule has 0 saturated heterocycles. The monoisotopic (exact) mass is 406 g/mol. The van der Waals surface area contributed by atoms with Crippen molar-refractivity contribution in [1.29, 1.82) is 0 Å². The smallest absolute Gasteiger partial charge is 0.333 e. The lowest BCUT2D eigenvalue weighted by atomic mass is 9.70. The molecule has 8 heteroatoms. The average molecular weight is 406 g/mol. The maximum atomic E-state index is 14.7. The van der Waals surface area contributed by atoms with E-state index in [1.54, 1.807) is 0 Å². The van der Waals surface area contributed by atoms with Crippen LogP contribution in [0.25, 0.3) is 0 Å². The van der Waals surface area contributed by atoms with Crippen LogP contribution in [-0.4, -0.2) is 48.8 Å². The zero-order valence-electron chi connectivity index (χ0n) is 16.0. The maximum Gasteiger partial charge on any atom is 0.333 e. The van der Waals surface area contributed by atoms with Crippen molar-refractivity contribution < 1.29 is 36.6 Å². The number of hydrogen-bond acceptors (Lipinski definition) is 4. The van der Waals surface area contributed by atoms with Gasteiger partial charge in [0.05, 0.1) is 0 Å². The van der Waals surface area contributed by atoms with Crippen LogP contribution in [0.15, 0.2) is 24.3 Å². The fraction of sp³-hybridized carbons (Fsp3) is 0.700. The molecule has 28 heavy (non-hydrogen) atoms. The van der Waals surface area contributed by atoms with Gasteiger partial charge in [-0.25, -0.2) is 27.2 Å². The predicted octanol–water partition coefficient (Wildman–Crippen LogP) is 4.13. The molecule has 6 atom stereocenters. The Hall–Kier alpha value is -1.86. The largest absolute Gasteiger partial charge is 0.456 e. The van der Waals surface area contributed by atoms with Gasteiger partial charge in [-0.2, -0.15) is 0 Å². The van der Waals surface area contributed by atoms with E-state index in [1.165, 1.54) is 13.8 Å². The van der Waals surface area contributed by atoms with Crippen molar-refractivity contribution in [3.05, 3.63) is 24.3 Å². The predicted molar refractivity (Wildman–Crippen MR) is 94.4 cm³/mol. The zero-order chi connectivity index (χ0) is 21.2. The van der Waals surface area contributed by atoms with Crippen LogP contribution in [-0.2, 0) is 19.1 Å². The van der Waals surface area contributed by atoms with E-state index < -0.39 is 60.7 Å². The molecular formula is C20H26F4O4. The summed E-state index contributed by atoms with van der Waals surface area (Å²) in [6, 6.07) is 0. The first-order valence-corrected chi connectivity index (χ1v) is 9.32. The Kier molecular flexibility index (Phi) is 7.28. The van der Waals surface area contributed by atoms with E-state index in [-0.39, 0.29) is 36.8 Å². The lowest BCUT2D eigenvalue weighted by Gasteiger charge is -2.42. The van der Waals surface area contributed by atoms with Crippen LogP contribution in [0.5, 0.6) is 0 Å². The van der Waals surface area contributed by atoms with Crippen molar-refractivity contribution in [2.45, 2.75) is 76.4 Å². The minimum absolute atomic E-state index is 0.0215. The summed E-state index contributed by atoms with van der Waals surface area (Å²) < 4.78 is 67.8. The standard InChI is InChI=1S/C20H26F4O4/c1-9(2)19(25)27-15-6-5-12(16(23)17(15)24)11-7-13(21)18(14(22)8-11)28-20(26)10(3)4/h11-18H,1,3,5-8H2,2,4H3. The molecule has 0 radical (unpaired) electrons. The highest BCUT2D eigenvalue weighted by atomic mass is 19.2. The van der Waals surface area contributed by atoms with Gasteiger partial charge in [-0.1, -0.05) is 13.2 Å². The summed E-state index contributed by atoms with van der Waals surface area (Å²) in [4.78, 5) is 23.1. The molecule has 6 unspecified atom stereocenters. The average Bonchev–Trinajstić information content (AvgIpc) is 2.61. The maximum absolute atomic E-state index is 14.7. The molecule has 0 heterocycles. The fourth-order valence-corrected chi connectivity index (χ4v) is 3.87. The number of hydrogen-bond donors (Lipinski definition) is 0. The molecule has 2 fully saturated rings. The summed E-state index contributed by atoms with van der Waals surface area (Å²) in [7, 11) is 0. The second kappa shape index (κ2) is 9.09. The zero-order valence-corrected chi connectivity index (χ0v) is 16.0. The van der Waals surface area contributed by atoms with E-state index in [0.29, 0.717) is 0 Å². The van der Waals surface area contributed by atoms with Crippen LogP contribution in [0.1, 0.15) is 39.5 Å². The fourth-order valence-electron chi connectivity index (χ4n) is 3.87. The third-order valence-corrected chi connectivity index (χ3v) is 5.43. The van der Waals surface area contributed by atoms with Gasteiger partial charge in [0.1, 0.15) is 24.6 Å². The summed E-state index contributed by atoms with van der Waals surface area (Å²) in [6.07, 6.45) is -10.8. The topological polar surface area (TPSA) is 52.6 Å². The van der Waals surface area contributed by atoms with E-state index in [0.717, 1.165) is 0 Å². The minimum Gasteiger partial charge on any atom is -0.456 e. The molecule has 0 bridgehead atoms. The van der Waals surface area contributed by atoms with Gasteiger partial charge in [0, 0.05) is 11.1 Å². The molecule has 158 valence electrons. The van der Waals surface area contributed by atoms with E-state index >= 15 is 0 Å². The molecule has 0 aromatic heterocycles. The molecule has 0 aliphatic heterocycles. The highest BCUT2D eigenvalue weighted by Gasteiger charge is 2.50. The summed E-state index contributed by atoms with van der Waals surface area (Å²) in [5.41, 5.74) is 0.0983. The van der Waals surface area contributed by atoms with Crippen LogP contribution >= 0.6 is 0 Å². The molecule has 0 amide bonds. The third kappa shape index (κ3) is 4.94. The van der Waals surface area contributed by atoms with Crippen molar-refractivity contribution >= 4 is 11.9 Å². The molecule has 0 aromatic rings. The van der Waals surface area contributed by atoms with Crippen LogP contribution in [0.2, 0.25) is 0 Å². The van der Waals surface area contributed by atoms with Gasteiger partial charge in [0.15, 0.2) is 12.3 Å². The van der Waals surface area contributed by atoms with Crippen molar-refractivity contribution in [2.24, 2.45) is 11.8 Å². The summed E-state index contributed by atoms with van der Waals surface area (Å²) in [5, 5.41) is 0. The minimum atomic E-state index is -2.07. The summed E-state index contributed by atoms with van der Waals surface area (Å²) in [5.74, 6) is -3.33. The Balaban J connectivity index is 1.99. The first-order chi connectivity index (χ1) is 13.0. The van der Waals surface area contributed by atoms with E-state index in [1.807, 2.05) is 0 Å². The first-order valence-electron chi connectivity index (χ1n) is 9.32. The number of carbonyl (C=O) groups excluding carboxylic acids is 2. The summed E-state index contributed by atoms with van der Waals surface area (Å²) in [6.45, 7) is 9.52. The Labute approximate surface area is 161 Å². The number of carbonyl (C=O) groups is 2. The van der Waals surface area contributed by atoms with Gasteiger partial charge in [0.2, 0.25) is 0 Å². The molecular weight excluding hydrogens is 380 g/mol. The second-order valence-electron chi connectivity index (χ2n) is 7.77. The lowest BCUT2D eigenvalue weighted by molar-refractivity contribution is -0.162. The number of ether oxygens (including phenoxy) is 2. The summed E-state index contributed by atoms with van der Waals surface area (Å²) >= 11 is 0. The Morgan fingerprint density at radius 2 is 1.32 bits per heavy atom. The van der Waals surface area contributed by atoms with Gasteiger partial charge in [-0.15, -0.1) is 0 Å². The third-order valence-electron chi connectivity index (χ3n) is 5.43. The SMILES string of the molecule is C=C(C)C(=O)OC1CCC(C2CC(F)C(OC(=O)C(=C)C)C(F)C2)C(F)C1F. The van der Waals surface area contributed by atoms with E-state index in [2.05, 4.69) is 13.2 Å². The number of halogens is 4. The molecule has 2 aliphatic carbocycles. The van der Waals surface area contributed by atoms with Crippen molar-refractivity contribution in [1.82, 2.24) is 0 Å². The molecule has 4 nitrogen and oxygen atoms in total. The molecule has 0 N–H and O–H groups in total. The van der Waals surface area contributed by atoms with Crippen LogP contribution in [0.4, 0.5) is 17.6 Å². The quantitative estimate of drug-likeness (QED) is 0.391. The van der Waals surface area contributed by atoms with E-state index in [9.17, 15) is 27.2 Å². The van der Waals surface area contributed by atoms with Crippen LogP contribution < -0.4 is 0 Å². The lowest BCUT2D eigenvalue weighted by Crippen LogP contribution is -2.50. The number of rotatable bonds is 5. The number of alkyl halides is 4. The Morgan fingerprint density at radius 1 is 0.821 bits per heavy atom. The van der Waals surface area contributed by atoms with Crippen LogP contribution in [0, 0.1) is 11.8 Å². The molecule has 0 spiro atoms. The first kappa shape index (κ1) is 22.4. The van der Waals surface area contributed by atoms with Gasteiger partial charge in [0.25, 0.3) is 0 Å². The van der Waals surface area contributed by atoms with Crippen LogP contribution in [0.3, 0.4) is 0 Å². The Bertz CT molecular complexity index is 626. The second-order valence-corrected chi connectivity index (χ2v) is 7.77. The normalized spacial score (nSPS) is 38.4. The highest BCUT2D eigenvalue weighted by Crippen LogP contribution is 2.43. The molecule has 2 rings (SSSR count). The Morgan fingerprint density at radius 3 is 1.82 bits per heavy atom. The van der Waals surface area contributed by atoms with Crippen molar-refractivity contribution in [3.8, 4) is 0 Å².